The van der Waals surface area contributed by atoms with Gasteiger partial charge in [-0.3, -0.25) is 14.2 Å². The van der Waals surface area contributed by atoms with Crippen molar-refractivity contribution in [2.24, 2.45) is 0 Å². The molecule has 11 nitrogen and oxygen atoms in total. The zero-order valence-corrected chi connectivity index (χ0v) is 41.7. The molecule has 0 rings (SSSR count). The van der Waals surface area contributed by atoms with Gasteiger partial charge in [-0.25, -0.2) is 0 Å². The van der Waals surface area contributed by atoms with E-state index in [0.29, 0.717) is 36.7 Å². The van der Waals surface area contributed by atoms with Crippen molar-refractivity contribution in [1.82, 2.24) is 0 Å². The SMILES string of the molecule is CCCCC/C=C\C[C@@H](O)[C@H](O)CCCCCCCC(=O)OC[C@H](COP(=O)([O-])OCC[N+](C)(C)C)OC(=O)CCCCCCCCCCCCCCCCCCCCCCC. The Morgan fingerprint density at radius 2 is 1.00 bits per heavy atom. The molecule has 12 heteroatoms. The lowest BCUT2D eigenvalue weighted by molar-refractivity contribution is -0.870. The Morgan fingerprint density at radius 1 is 0.565 bits per heavy atom. The Labute approximate surface area is 381 Å². The summed E-state index contributed by atoms with van der Waals surface area (Å²) in [4.78, 5) is 37.7. The number of esters is 2. The molecule has 0 aromatic rings. The van der Waals surface area contributed by atoms with Crippen molar-refractivity contribution in [2.75, 3.05) is 47.5 Å². The van der Waals surface area contributed by atoms with Crippen LogP contribution >= 0.6 is 7.82 Å². The Kier molecular flexibility index (Phi) is 41.4. The number of aliphatic hydroxyl groups excluding tert-OH is 2. The number of quaternary nitrogens is 1. The predicted molar refractivity (Wildman–Crippen MR) is 253 cm³/mol. The van der Waals surface area contributed by atoms with Gasteiger partial charge in [0.2, 0.25) is 0 Å². The Bertz CT molecular complexity index is 1100. The van der Waals surface area contributed by atoms with Gasteiger partial charge in [0.15, 0.2) is 6.10 Å². The molecule has 0 aliphatic carbocycles. The van der Waals surface area contributed by atoms with E-state index in [2.05, 4.69) is 19.9 Å². The first-order valence-electron chi connectivity index (χ1n) is 25.6. The summed E-state index contributed by atoms with van der Waals surface area (Å²) in [6.45, 7) is 4.03. The highest BCUT2D eigenvalue weighted by atomic mass is 31.2. The van der Waals surface area contributed by atoms with E-state index in [1.807, 2.05) is 27.2 Å². The fourth-order valence-corrected chi connectivity index (χ4v) is 8.06. The first-order valence-corrected chi connectivity index (χ1v) is 27.0. The second kappa shape index (κ2) is 42.3. The summed E-state index contributed by atoms with van der Waals surface area (Å²) in [7, 11) is 1.09. The van der Waals surface area contributed by atoms with Crippen molar-refractivity contribution in [3.63, 3.8) is 0 Å². The highest BCUT2D eigenvalue weighted by Crippen LogP contribution is 2.38. The van der Waals surface area contributed by atoms with Gasteiger partial charge in [-0.2, -0.15) is 0 Å². The molecule has 0 saturated heterocycles. The van der Waals surface area contributed by atoms with Crippen LogP contribution < -0.4 is 4.89 Å². The van der Waals surface area contributed by atoms with Gasteiger partial charge in [0.25, 0.3) is 7.82 Å². The zero-order valence-electron chi connectivity index (χ0n) is 40.8. The number of hydrogen-bond acceptors (Lipinski definition) is 10. The van der Waals surface area contributed by atoms with E-state index in [0.717, 1.165) is 57.8 Å². The number of phosphoric acid groups is 1. The minimum absolute atomic E-state index is 0.0530. The number of rotatable bonds is 47. The van der Waals surface area contributed by atoms with Crippen LogP contribution in [0.15, 0.2) is 12.2 Å². The van der Waals surface area contributed by atoms with E-state index < -0.39 is 44.7 Å². The van der Waals surface area contributed by atoms with Gasteiger partial charge in [0.1, 0.15) is 19.8 Å². The number of nitrogens with zero attached hydrogens (tertiary/aromatic N) is 1. The first-order chi connectivity index (χ1) is 29.8. The summed E-state index contributed by atoms with van der Waals surface area (Å²) < 4.78 is 33.9. The van der Waals surface area contributed by atoms with E-state index in [1.54, 1.807) is 0 Å². The van der Waals surface area contributed by atoms with Gasteiger partial charge in [0, 0.05) is 12.8 Å². The molecule has 368 valence electrons. The predicted octanol–water partition coefficient (Wildman–Crippen LogP) is 12.2. The maximum Gasteiger partial charge on any atom is 0.306 e. The molecule has 0 saturated carbocycles. The number of aliphatic hydroxyl groups is 2. The van der Waals surface area contributed by atoms with E-state index in [-0.39, 0.29) is 26.1 Å². The summed E-state index contributed by atoms with van der Waals surface area (Å²) in [5.74, 6) is -0.933. The molecule has 1 unspecified atom stereocenters. The van der Waals surface area contributed by atoms with E-state index in [4.69, 9.17) is 18.5 Å². The number of likely N-dealkylation sites (N-methyl/N-ethyl adjacent to an activating group) is 1. The van der Waals surface area contributed by atoms with Crippen molar-refractivity contribution >= 4 is 19.8 Å². The van der Waals surface area contributed by atoms with Crippen molar-refractivity contribution < 1.29 is 52.3 Å². The maximum atomic E-state index is 12.7. The average molecular weight is 904 g/mol. The topological polar surface area (TPSA) is 152 Å². The fourth-order valence-electron chi connectivity index (χ4n) is 7.33. The molecule has 2 N–H and O–H groups in total. The van der Waals surface area contributed by atoms with Crippen molar-refractivity contribution in [1.29, 1.82) is 0 Å². The number of allylic oxidation sites excluding steroid dienone is 1. The molecule has 0 aliphatic heterocycles. The van der Waals surface area contributed by atoms with Gasteiger partial charge in [-0.1, -0.05) is 193 Å². The third-order valence-corrected chi connectivity index (χ3v) is 12.5. The van der Waals surface area contributed by atoms with Gasteiger partial charge in [0.05, 0.1) is 40.0 Å². The van der Waals surface area contributed by atoms with Crippen LogP contribution in [0.3, 0.4) is 0 Å². The second-order valence-corrected chi connectivity index (χ2v) is 20.3. The molecule has 0 bridgehead atoms. The summed E-state index contributed by atoms with van der Waals surface area (Å²) in [5.41, 5.74) is 0. The van der Waals surface area contributed by atoms with Crippen molar-refractivity contribution in [3.05, 3.63) is 12.2 Å². The summed E-state index contributed by atoms with van der Waals surface area (Å²) in [5, 5.41) is 20.5. The van der Waals surface area contributed by atoms with Crippen molar-refractivity contribution in [3.8, 4) is 0 Å². The summed E-state index contributed by atoms with van der Waals surface area (Å²) in [6, 6.07) is 0. The Balaban J connectivity index is 4.31. The lowest BCUT2D eigenvalue weighted by Gasteiger charge is -2.28. The van der Waals surface area contributed by atoms with Crippen LogP contribution in [0, 0.1) is 0 Å². The molecule has 62 heavy (non-hydrogen) atoms. The smallest absolute Gasteiger partial charge is 0.306 e. The van der Waals surface area contributed by atoms with E-state index >= 15 is 0 Å². The molecule has 0 heterocycles. The molecule has 0 radical (unpaired) electrons. The Hall–Kier alpha value is -1.33. The number of carbonyl (C=O) groups is 2. The molecule has 0 fully saturated rings. The highest BCUT2D eigenvalue weighted by molar-refractivity contribution is 7.45. The molecular weight excluding hydrogens is 806 g/mol. The summed E-state index contributed by atoms with van der Waals surface area (Å²) in [6.07, 6.45) is 38.3. The van der Waals surface area contributed by atoms with E-state index in [1.165, 1.54) is 122 Å². The largest absolute Gasteiger partial charge is 0.756 e. The number of carbonyl (C=O) groups excluding carboxylic acids is 2. The van der Waals surface area contributed by atoms with Crippen LogP contribution in [0.5, 0.6) is 0 Å². The van der Waals surface area contributed by atoms with E-state index in [9.17, 15) is 29.3 Å². The fraction of sp³-hybridized carbons (Fsp3) is 0.920. The van der Waals surface area contributed by atoms with Crippen molar-refractivity contribution in [2.45, 2.75) is 250 Å². The van der Waals surface area contributed by atoms with Gasteiger partial charge in [-0.05, 0) is 38.5 Å². The number of phosphoric ester groups is 1. The normalized spacial score (nSPS) is 14.5. The molecular formula is C50H98NO10P. The van der Waals surface area contributed by atoms with Crippen LogP contribution in [0.4, 0.5) is 0 Å². The molecule has 4 atom stereocenters. The third-order valence-electron chi connectivity index (χ3n) is 11.5. The minimum Gasteiger partial charge on any atom is -0.756 e. The lowest BCUT2D eigenvalue weighted by atomic mass is 10.0. The van der Waals surface area contributed by atoms with Crippen LogP contribution in [0.25, 0.3) is 0 Å². The average Bonchev–Trinajstić information content (AvgIpc) is 3.22. The van der Waals surface area contributed by atoms with Crippen LogP contribution in [-0.4, -0.2) is 92.5 Å². The Morgan fingerprint density at radius 3 is 1.48 bits per heavy atom. The van der Waals surface area contributed by atoms with Gasteiger partial charge in [-0.15, -0.1) is 0 Å². The number of hydrogen-bond donors (Lipinski definition) is 2. The van der Waals surface area contributed by atoms with Crippen LogP contribution in [0.2, 0.25) is 0 Å². The molecule has 0 spiro atoms. The van der Waals surface area contributed by atoms with Gasteiger partial charge >= 0.3 is 11.9 Å². The quantitative estimate of drug-likeness (QED) is 0.0198. The monoisotopic (exact) mass is 904 g/mol. The maximum absolute atomic E-state index is 12.7. The zero-order chi connectivity index (χ0) is 46.0. The van der Waals surface area contributed by atoms with Crippen LogP contribution in [-0.2, 0) is 32.7 Å². The lowest BCUT2D eigenvalue weighted by Crippen LogP contribution is -2.37. The molecule has 0 aromatic carbocycles. The number of ether oxygens (including phenoxy) is 2. The minimum atomic E-state index is -4.66. The van der Waals surface area contributed by atoms with Crippen LogP contribution in [0.1, 0.15) is 232 Å². The molecule has 0 aliphatic rings. The van der Waals surface area contributed by atoms with Gasteiger partial charge < -0.3 is 38.1 Å². The first kappa shape index (κ1) is 60.7. The summed E-state index contributed by atoms with van der Waals surface area (Å²) >= 11 is 0. The molecule has 0 aromatic heterocycles. The second-order valence-electron chi connectivity index (χ2n) is 18.9. The molecule has 0 amide bonds. The standard InChI is InChI=1S/C50H98NO10P/c1-6-8-10-12-14-15-16-17-18-19-20-21-22-23-24-25-26-27-28-32-37-41-50(55)61-46(45-60-62(56,57)59-43-42-51(3,4)5)44-58-49(54)40-36-33-29-31-35-39-48(53)47(52)38-34-30-13-11-9-7-2/h30,34,46-48,52-53H,6-29,31-33,35-45H2,1-5H3/b34-30-/t46-,47-,48-/m1/s1. The number of unbranched alkanes of at least 4 members (excludes halogenated alkanes) is 27. The highest BCUT2D eigenvalue weighted by Gasteiger charge is 2.22. The third kappa shape index (κ3) is 43.9.